The monoisotopic (exact) mass is 466 g/mol. The second kappa shape index (κ2) is 10.2. The molecule has 0 saturated heterocycles. The van der Waals surface area contributed by atoms with Crippen molar-refractivity contribution in [1.82, 2.24) is 0 Å². The molecule has 2 aromatic rings. The van der Waals surface area contributed by atoms with Crippen LogP contribution in [0.5, 0.6) is 0 Å². The predicted molar refractivity (Wildman–Crippen MR) is 113 cm³/mol. The largest absolute Gasteiger partial charge is 0.456 e. The third-order valence-electron chi connectivity index (χ3n) is 3.87. The predicted octanol–water partition coefficient (Wildman–Crippen LogP) is 4.62. The van der Waals surface area contributed by atoms with Gasteiger partial charge >= 0.3 is 5.97 Å². The molecule has 2 aromatic carbocycles. The first-order valence-electron chi connectivity index (χ1n) is 8.53. The minimum atomic E-state index is -0.624. The number of benzene rings is 2. The van der Waals surface area contributed by atoms with E-state index >= 15 is 0 Å². The van der Waals surface area contributed by atoms with Gasteiger partial charge in [-0.15, -0.1) is 0 Å². The second-order valence-electron chi connectivity index (χ2n) is 6.15. The van der Waals surface area contributed by atoms with Gasteiger partial charge in [0, 0.05) is 22.3 Å². The lowest BCUT2D eigenvalue weighted by Gasteiger charge is -2.11. The molecule has 0 bridgehead atoms. The van der Waals surface area contributed by atoms with Gasteiger partial charge < -0.3 is 15.4 Å². The summed E-state index contributed by atoms with van der Waals surface area (Å²) in [4.78, 5) is 35.7. The molecule has 0 fully saturated rings. The Kier molecular flexibility index (Phi) is 8.02. The highest BCUT2D eigenvalue weighted by atomic mass is 79.9. The lowest BCUT2D eigenvalue weighted by Crippen LogP contribution is -2.22. The molecule has 0 atom stereocenters. The smallest absolute Gasteiger partial charge is 0.306 e. The molecule has 2 amide bonds. The van der Waals surface area contributed by atoms with Crippen molar-refractivity contribution in [2.24, 2.45) is 0 Å². The Bertz CT molecular complexity index is 882. The number of esters is 1. The highest BCUT2D eigenvalue weighted by Crippen LogP contribution is 2.25. The third kappa shape index (κ3) is 6.65. The number of hydrogen-bond donors (Lipinski definition) is 2. The van der Waals surface area contributed by atoms with Gasteiger partial charge in [0.1, 0.15) is 0 Å². The normalized spacial score (nSPS) is 10.3. The number of carbonyl (C=O) groups is 3. The summed E-state index contributed by atoms with van der Waals surface area (Å²) in [7, 11) is 0. The summed E-state index contributed by atoms with van der Waals surface area (Å²) in [5.41, 5.74) is 3.12. The molecule has 0 aliphatic carbocycles. The molecule has 0 radical (unpaired) electrons. The first-order valence-corrected chi connectivity index (χ1v) is 9.70. The van der Waals surface area contributed by atoms with Crippen LogP contribution in [-0.4, -0.2) is 24.4 Å². The lowest BCUT2D eigenvalue weighted by atomic mass is 10.1. The molecule has 2 rings (SSSR count). The van der Waals surface area contributed by atoms with Crippen LogP contribution in [0.15, 0.2) is 40.9 Å². The molecule has 28 heavy (non-hydrogen) atoms. The zero-order chi connectivity index (χ0) is 20.7. The van der Waals surface area contributed by atoms with Crippen molar-refractivity contribution in [2.45, 2.75) is 26.7 Å². The molecule has 0 aliphatic heterocycles. The van der Waals surface area contributed by atoms with E-state index in [0.717, 1.165) is 16.8 Å². The van der Waals surface area contributed by atoms with E-state index in [2.05, 4.69) is 26.6 Å². The summed E-state index contributed by atoms with van der Waals surface area (Å²) < 4.78 is 5.61. The molecule has 8 heteroatoms. The van der Waals surface area contributed by atoms with Crippen LogP contribution in [0.1, 0.15) is 24.0 Å². The van der Waals surface area contributed by atoms with Gasteiger partial charge in [-0.05, 0) is 59.1 Å². The number of para-hydroxylation sites is 1. The number of amides is 2. The standard InChI is InChI=1S/C20H20BrClN2O4/c1-12-4-3-5-13(2)20(12)24-17(25)8-9-19(27)28-11-18(26)23-14-6-7-15(21)16(22)10-14/h3-7,10H,8-9,11H2,1-2H3,(H,23,26)(H,24,25). The number of halogens is 2. The van der Waals surface area contributed by atoms with Crippen molar-refractivity contribution in [3.63, 3.8) is 0 Å². The van der Waals surface area contributed by atoms with Crippen LogP contribution in [0, 0.1) is 13.8 Å². The van der Waals surface area contributed by atoms with Gasteiger partial charge in [0.05, 0.1) is 11.4 Å². The maximum atomic E-state index is 12.0. The Hall–Kier alpha value is -2.38. The van der Waals surface area contributed by atoms with E-state index in [1.54, 1.807) is 18.2 Å². The van der Waals surface area contributed by atoms with Crippen LogP contribution in [0.2, 0.25) is 5.02 Å². The quantitative estimate of drug-likeness (QED) is 0.582. The summed E-state index contributed by atoms with van der Waals surface area (Å²) in [5.74, 6) is -1.41. The van der Waals surface area contributed by atoms with E-state index in [0.29, 0.717) is 15.2 Å². The lowest BCUT2D eigenvalue weighted by molar-refractivity contribution is -0.147. The van der Waals surface area contributed by atoms with E-state index in [1.807, 2.05) is 32.0 Å². The van der Waals surface area contributed by atoms with Crippen LogP contribution in [-0.2, 0) is 19.1 Å². The average Bonchev–Trinajstić information content (AvgIpc) is 2.64. The number of hydrogen-bond acceptors (Lipinski definition) is 4. The molecule has 0 spiro atoms. The van der Waals surface area contributed by atoms with Crippen LogP contribution in [0.25, 0.3) is 0 Å². The SMILES string of the molecule is Cc1cccc(C)c1NC(=O)CCC(=O)OCC(=O)Nc1ccc(Br)c(Cl)c1. The van der Waals surface area contributed by atoms with E-state index in [9.17, 15) is 14.4 Å². The number of rotatable bonds is 7. The van der Waals surface area contributed by atoms with E-state index in [1.165, 1.54) is 0 Å². The summed E-state index contributed by atoms with van der Waals surface area (Å²) in [5, 5.41) is 5.82. The first kappa shape index (κ1) is 21.9. The summed E-state index contributed by atoms with van der Waals surface area (Å²) in [6.45, 7) is 3.35. The fourth-order valence-corrected chi connectivity index (χ4v) is 2.85. The Morgan fingerprint density at radius 1 is 1.00 bits per heavy atom. The Morgan fingerprint density at radius 3 is 2.32 bits per heavy atom. The van der Waals surface area contributed by atoms with Crippen molar-refractivity contribution in [1.29, 1.82) is 0 Å². The first-order chi connectivity index (χ1) is 13.3. The Balaban J connectivity index is 1.74. The van der Waals surface area contributed by atoms with Gasteiger partial charge in [0.15, 0.2) is 6.61 Å². The average molecular weight is 468 g/mol. The van der Waals surface area contributed by atoms with Gasteiger partial charge in [0.25, 0.3) is 5.91 Å². The molecular formula is C20H20BrClN2O4. The number of anilines is 2. The maximum absolute atomic E-state index is 12.0. The summed E-state index contributed by atoms with van der Waals surface area (Å²) in [6, 6.07) is 10.6. The van der Waals surface area contributed by atoms with Crippen LogP contribution < -0.4 is 10.6 Å². The van der Waals surface area contributed by atoms with Gasteiger partial charge in [0.2, 0.25) is 5.91 Å². The van der Waals surface area contributed by atoms with Crippen molar-refractivity contribution in [3.8, 4) is 0 Å². The number of carbonyl (C=O) groups excluding carboxylic acids is 3. The Morgan fingerprint density at radius 2 is 1.68 bits per heavy atom. The summed E-state index contributed by atoms with van der Waals surface area (Å²) in [6.07, 6.45) is -0.148. The third-order valence-corrected chi connectivity index (χ3v) is 5.10. The fourth-order valence-electron chi connectivity index (χ4n) is 2.42. The molecule has 0 aliphatic rings. The molecular weight excluding hydrogens is 448 g/mol. The van der Waals surface area contributed by atoms with Crippen molar-refractivity contribution in [3.05, 3.63) is 57.0 Å². The molecule has 0 unspecified atom stereocenters. The van der Waals surface area contributed by atoms with Crippen molar-refractivity contribution >= 4 is 56.7 Å². The van der Waals surface area contributed by atoms with E-state index in [4.69, 9.17) is 16.3 Å². The highest BCUT2D eigenvalue weighted by molar-refractivity contribution is 9.10. The molecule has 148 valence electrons. The molecule has 2 N–H and O–H groups in total. The molecule has 0 aromatic heterocycles. The minimum Gasteiger partial charge on any atom is -0.456 e. The topological polar surface area (TPSA) is 84.5 Å². The maximum Gasteiger partial charge on any atom is 0.306 e. The van der Waals surface area contributed by atoms with Gasteiger partial charge in [-0.2, -0.15) is 0 Å². The highest BCUT2D eigenvalue weighted by Gasteiger charge is 2.12. The van der Waals surface area contributed by atoms with Crippen molar-refractivity contribution < 1.29 is 19.1 Å². The second-order valence-corrected chi connectivity index (χ2v) is 7.41. The minimum absolute atomic E-state index is 0.0312. The van der Waals surface area contributed by atoms with Crippen LogP contribution in [0.3, 0.4) is 0 Å². The van der Waals surface area contributed by atoms with Gasteiger partial charge in [-0.3, -0.25) is 14.4 Å². The summed E-state index contributed by atoms with van der Waals surface area (Å²) >= 11 is 9.21. The fraction of sp³-hybridized carbons (Fsp3) is 0.250. The number of aryl methyl sites for hydroxylation is 2. The zero-order valence-electron chi connectivity index (χ0n) is 15.5. The number of nitrogens with one attached hydrogen (secondary N) is 2. The van der Waals surface area contributed by atoms with E-state index < -0.39 is 18.5 Å². The zero-order valence-corrected chi connectivity index (χ0v) is 17.8. The molecule has 0 heterocycles. The number of ether oxygens (including phenoxy) is 1. The molecule has 0 saturated carbocycles. The Labute approximate surface area is 176 Å². The van der Waals surface area contributed by atoms with Crippen LogP contribution in [0.4, 0.5) is 11.4 Å². The van der Waals surface area contributed by atoms with Crippen LogP contribution >= 0.6 is 27.5 Å². The van der Waals surface area contributed by atoms with Gasteiger partial charge in [-0.25, -0.2) is 0 Å². The van der Waals surface area contributed by atoms with Crippen molar-refractivity contribution in [2.75, 3.05) is 17.2 Å². The van der Waals surface area contributed by atoms with E-state index in [-0.39, 0.29) is 18.7 Å². The van der Waals surface area contributed by atoms with Gasteiger partial charge in [-0.1, -0.05) is 29.8 Å². The molecule has 6 nitrogen and oxygen atoms in total.